The smallest absolute Gasteiger partial charge is 0.269 e. The molecule has 0 fully saturated rings. The van der Waals surface area contributed by atoms with E-state index < -0.39 is 4.92 Å². The molecule has 0 aliphatic rings. The van der Waals surface area contributed by atoms with Crippen LogP contribution in [0.1, 0.15) is 0 Å². The number of aliphatic hydroxyl groups is 4. The Hall–Kier alpha value is -2.18. The van der Waals surface area contributed by atoms with Gasteiger partial charge in [0.1, 0.15) is 18.8 Å². The van der Waals surface area contributed by atoms with Crippen LogP contribution in [0.15, 0.2) is 48.5 Å². The van der Waals surface area contributed by atoms with E-state index in [-0.39, 0.29) is 56.9 Å². The fourth-order valence-electron chi connectivity index (χ4n) is 2.80. The minimum Gasteiger partial charge on any atom is -1.00 e. The number of nitrogens with one attached hydrogen (secondary N) is 1. The molecule has 0 heterocycles. The quantitative estimate of drug-likeness (QED) is 0.102. The maximum atomic E-state index is 10.4. The van der Waals surface area contributed by atoms with Crippen LogP contribution in [0.4, 0.5) is 22.7 Å². The Bertz CT molecular complexity index is 726. The minimum atomic E-state index is -0.466. The highest BCUT2D eigenvalue weighted by molar-refractivity contribution is 5.50. The minimum absolute atomic E-state index is 0. The van der Waals surface area contributed by atoms with E-state index in [4.69, 9.17) is 26.2 Å². The maximum absolute atomic E-state index is 10.4. The van der Waals surface area contributed by atoms with Crippen molar-refractivity contribution in [2.75, 3.05) is 63.2 Å². The zero-order chi connectivity index (χ0) is 22.4. The number of rotatable bonds is 11. The van der Waals surface area contributed by atoms with Gasteiger partial charge in [-0.05, 0) is 24.3 Å². The van der Waals surface area contributed by atoms with E-state index in [2.05, 4.69) is 0 Å². The van der Waals surface area contributed by atoms with Crippen molar-refractivity contribution in [3.05, 3.63) is 58.6 Å². The standard InChI is InChI=1S/C10H14N2O4.C10H16N2O2.2ClH/c13-7-5-11(6-8-14)9-1-3-10(4-2-9)12(15)16;11-9-1-3-10(4-2-9)12(5-7-13)6-8-14;;/h1-4,13-14H,5-8H2;1-4,13-14H,5-8,11H2;2*1H/p-1. The number of non-ortho nitro benzene ring substituents is 1. The van der Waals surface area contributed by atoms with E-state index in [1.54, 1.807) is 17.0 Å². The highest BCUT2D eigenvalue weighted by Gasteiger charge is 2.10. The van der Waals surface area contributed by atoms with Crippen LogP contribution in [0.3, 0.4) is 0 Å². The fourth-order valence-corrected chi connectivity index (χ4v) is 2.80. The molecule has 2 rings (SSSR count). The number of hydrogen-bond donors (Lipinski definition) is 6. The number of aliphatic hydroxyl groups excluding tert-OH is 4. The van der Waals surface area contributed by atoms with Crippen molar-refractivity contribution in [1.82, 2.24) is 0 Å². The van der Waals surface area contributed by atoms with Gasteiger partial charge in [-0.25, -0.2) is 0 Å². The van der Waals surface area contributed by atoms with E-state index in [1.807, 2.05) is 24.3 Å². The van der Waals surface area contributed by atoms with Gasteiger partial charge in [-0.1, -0.05) is 0 Å². The molecule has 0 bridgehead atoms. The summed E-state index contributed by atoms with van der Waals surface area (Å²) in [6, 6.07) is 13.5. The molecule has 0 unspecified atom stereocenters. The van der Waals surface area contributed by atoms with E-state index in [0.717, 1.165) is 22.0 Å². The summed E-state index contributed by atoms with van der Waals surface area (Å²) in [5, 5.41) is 45.8. The number of nitro benzene ring substituents is 1. The molecule has 0 amide bonds. The molecule has 0 saturated carbocycles. The topological polar surface area (TPSA) is 158 Å². The Morgan fingerprint density at radius 2 is 1.28 bits per heavy atom. The molecule has 2 aromatic carbocycles. The molecule has 10 nitrogen and oxygen atoms in total. The van der Waals surface area contributed by atoms with Crippen LogP contribution in [0.25, 0.3) is 0 Å². The third-order valence-electron chi connectivity index (χ3n) is 4.31. The summed E-state index contributed by atoms with van der Waals surface area (Å²) in [5.74, 6) is 0. The van der Waals surface area contributed by atoms with Gasteiger partial charge >= 0.3 is 0 Å². The van der Waals surface area contributed by atoms with Gasteiger partial charge in [0, 0.05) is 48.7 Å². The number of anilines is 2. The van der Waals surface area contributed by atoms with Crippen LogP contribution < -0.4 is 40.3 Å². The van der Waals surface area contributed by atoms with E-state index in [1.165, 1.54) is 12.1 Å². The molecule has 2 aromatic rings. The summed E-state index contributed by atoms with van der Waals surface area (Å²) in [5.41, 5.74) is 8.10. The molecule has 182 valence electrons. The van der Waals surface area contributed by atoms with Crippen LogP contribution in [-0.2, 0) is 0 Å². The van der Waals surface area contributed by atoms with Gasteiger partial charge < -0.3 is 55.9 Å². The highest BCUT2D eigenvalue weighted by atomic mass is 35.5. The molecule has 12 heteroatoms. The second-order valence-electron chi connectivity index (χ2n) is 6.38. The molecule has 0 aliphatic carbocycles. The second kappa shape index (κ2) is 18.4. The van der Waals surface area contributed by atoms with Crippen molar-refractivity contribution in [3.63, 3.8) is 0 Å². The SMILES string of the molecule is Nc1ccc([NH+](CCO)CCO)cc1.O=[N+]([O-])c1ccc(N(CCO)CCO)cc1.[Cl-].[Cl-]. The molecule has 0 aromatic heterocycles. The van der Waals surface area contributed by atoms with E-state index in [9.17, 15) is 10.1 Å². The molecule has 32 heavy (non-hydrogen) atoms. The Morgan fingerprint density at radius 3 is 1.66 bits per heavy atom. The lowest BCUT2D eigenvalue weighted by Crippen LogP contribution is -3.08. The summed E-state index contributed by atoms with van der Waals surface area (Å²) in [6.07, 6.45) is 0. The first-order valence-corrected chi connectivity index (χ1v) is 9.60. The number of hydrogen-bond acceptors (Lipinski definition) is 8. The lowest BCUT2D eigenvalue weighted by molar-refractivity contribution is -0.833. The van der Waals surface area contributed by atoms with Crippen molar-refractivity contribution >= 4 is 22.7 Å². The predicted molar refractivity (Wildman–Crippen MR) is 115 cm³/mol. The van der Waals surface area contributed by atoms with Gasteiger partial charge in [0.05, 0.1) is 31.4 Å². The third kappa shape index (κ3) is 11.4. The van der Waals surface area contributed by atoms with Crippen LogP contribution in [0, 0.1) is 10.1 Å². The van der Waals surface area contributed by atoms with Crippen LogP contribution in [0.2, 0.25) is 0 Å². The molecule has 7 N–H and O–H groups in total. The van der Waals surface area contributed by atoms with Crippen molar-refractivity contribution in [3.8, 4) is 0 Å². The largest absolute Gasteiger partial charge is 1.00 e. The Balaban J connectivity index is 0. The fraction of sp³-hybridized carbons (Fsp3) is 0.400. The van der Waals surface area contributed by atoms with Crippen LogP contribution in [-0.4, -0.2) is 78.0 Å². The number of nitro groups is 1. The average Bonchev–Trinajstić information content (AvgIpc) is 2.74. The Morgan fingerprint density at radius 1 is 0.812 bits per heavy atom. The average molecular weight is 494 g/mol. The van der Waals surface area contributed by atoms with Gasteiger partial charge in [0.2, 0.25) is 0 Å². The second-order valence-corrected chi connectivity index (χ2v) is 6.38. The number of nitrogens with zero attached hydrogens (tertiary/aromatic N) is 2. The summed E-state index contributed by atoms with van der Waals surface area (Å²) in [7, 11) is 0. The molecular formula is C20H31Cl2N4O6-. The number of benzene rings is 2. The first-order valence-electron chi connectivity index (χ1n) is 9.60. The van der Waals surface area contributed by atoms with Crippen molar-refractivity contribution in [2.45, 2.75) is 0 Å². The van der Waals surface area contributed by atoms with E-state index in [0.29, 0.717) is 26.2 Å². The molecule has 0 spiro atoms. The van der Waals surface area contributed by atoms with Crippen molar-refractivity contribution in [1.29, 1.82) is 0 Å². The van der Waals surface area contributed by atoms with Gasteiger partial charge in [-0.3, -0.25) is 15.0 Å². The maximum Gasteiger partial charge on any atom is 0.269 e. The third-order valence-corrected chi connectivity index (χ3v) is 4.31. The van der Waals surface area contributed by atoms with Gasteiger partial charge in [-0.2, -0.15) is 0 Å². The summed E-state index contributed by atoms with van der Waals surface area (Å²) in [4.78, 5) is 12.8. The van der Waals surface area contributed by atoms with Gasteiger partial charge in [0.25, 0.3) is 5.69 Å². The molecule has 0 atom stereocenters. The molecule has 0 aliphatic heterocycles. The zero-order valence-electron chi connectivity index (χ0n) is 17.6. The Labute approximate surface area is 199 Å². The normalized spacial score (nSPS) is 9.78. The summed E-state index contributed by atoms with van der Waals surface area (Å²) in [6.45, 7) is 2.14. The zero-order valence-corrected chi connectivity index (χ0v) is 19.1. The van der Waals surface area contributed by atoms with Crippen LogP contribution >= 0.6 is 0 Å². The highest BCUT2D eigenvalue weighted by Crippen LogP contribution is 2.18. The predicted octanol–water partition coefficient (Wildman–Crippen LogP) is -6.84. The number of nitrogen functional groups attached to an aromatic ring is 1. The molecular weight excluding hydrogens is 463 g/mol. The van der Waals surface area contributed by atoms with Gasteiger partial charge in [0.15, 0.2) is 0 Å². The number of nitrogens with two attached hydrogens (primary N) is 1. The number of quaternary nitrogens is 1. The van der Waals surface area contributed by atoms with Gasteiger partial charge in [-0.15, -0.1) is 0 Å². The van der Waals surface area contributed by atoms with Crippen molar-refractivity contribution in [2.24, 2.45) is 0 Å². The van der Waals surface area contributed by atoms with Crippen molar-refractivity contribution < 1.29 is 55.1 Å². The lowest BCUT2D eigenvalue weighted by atomic mass is 10.2. The molecule has 0 radical (unpaired) electrons. The summed E-state index contributed by atoms with van der Waals surface area (Å²) >= 11 is 0. The first kappa shape index (κ1) is 32.0. The monoisotopic (exact) mass is 493 g/mol. The lowest BCUT2D eigenvalue weighted by Gasteiger charge is -2.22. The van der Waals surface area contributed by atoms with Crippen LogP contribution in [0.5, 0.6) is 0 Å². The Kier molecular flexibility index (Phi) is 18.4. The number of halogens is 2. The summed E-state index contributed by atoms with van der Waals surface area (Å²) < 4.78 is 0. The molecule has 0 saturated heterocycles. The first-order chi connectivity index (χ1) is 14.5. The van der Waals surface area contributed by atoms with E-state index >= 15 is 0 Å².